The van der Waals surface area contributed by atoms with E-state index in [0.29, 0.717) is 65.2 Å². The molecule has 2 heterocycles. The molecule has 0 aliphatic carbocycles. The van der Waals surface area contributed by atoms with Crippen LogP contribution in [-0.2, 0) is 11.2 Å². The van der Waals surface area contributed by atoms with E-state index in [0.717, 1.165) is 24.3 Å². The van der Waals surface area contributed by atoms with E-state index in [-0.39, 0.29) is 18.3 Å². The van der Waals surface area contributed by atoms with E-state index in [1.54, 1.807) is 38.4 Å². The van der Waals surface area contributed by atoms with Crippen LogP contribution < -0.4 is 20.3 Å². The highest BCUT2D eigenvalue weighted by Crippen LogP contribution is 2.38. The van der Waals surface area contributed by atoms with Crippen LogP contribution in [0.3, 0.4) is 0 Å². The zero-order valence-corrected chi connectivity index (χ0v) is 25.2. The number of aliphatic hydroxyl groups is 1. The van der Waals surface area contributed by atoms with Gasteiger partial charge in [-0.05, 0) is 56.9 Å². The number of rotatable bonds is 14. The van der Waals surface area contributed by atoms with Gasteiger partial charge in [0.2, 0.25) is 11.9 Å². The molecule has 11 nitrogen and oxygen atoms in total. The van der Waals surface area contributed by atoms with Crippen LogP contribution in [-0.4, -0.2) is 83.8 Å². The van der Waals surface area contributed by atoms with Gasteiger partial charge in [0.1, 0.15) is 17.4 Å². The average Bonchev–Trinajstić information content (AvgIpc) is 3.43. The van der Waals surface area contributed by atoms with E-state index in [4.69, 9.17) is 14.7 Å². The number of hydrogen-bond donors (Lipinski definition) is 4. The number of nitrogens with one attached hydrogen (secondary N) is 3. The van der Waals surface area contributed by atoms with E-state index in [1.165, 1.54) is 12.1 Å². The number of nitrogens with zero attached hydrogens (tertiary/aromatic N) is 5. The first-order valence-corrected chi connectivity index (χ1v) is 14.2. The molecule has 0 fully saturated rings. The van der Waals surface area contributed by atoms with Crippen molar-refractivity contribution in [2.75, 3.05) is 63.5 Å². The Labute approximate surface area is 251 Å². The van der Waals surface area contributed by atoms with E-state index in [9.17, 15) is 14.3 Å². The number of carbonyl (C=O) groups excluding carboxylic acids is 1. The second-order valence-electron chi connectivity index (χ2n) is 10.3. The molecule has 0 bridgehead atoms. The summed E-state index contributed by atoms with van der Waals surface area (Å²) in [5.41, 5.74) is 4.57. The number of aromatic amines is 1. The molecule has 0 saturated carbocycles. The number of likely N-dealkylation sites (N-methyl/N-ethyl adjacent to an activating group) is 2. The Kier molecular flexibility index (Phi) is 10.6. The minimum atomic E-state index is -0.340. The minimum Gasteiger partial charge on any atom is -0.494 e. The quantitative estimate of drug-likeness (QED) is 0.165. The Morgan fingerprint density at radius 2 is 1.84 bits per heavy atom. The Hall–Kier alpha value is -4.55. The van der Waals surface area contributed by atoms with Crippen molar-refractivity contribution in [3.63, 3.8) is 0 Å². The van der Waals surface area contributed by atoms with Crippen LogP contribution in [0.2, 0.25) is 0 Å². The van der Waals surface area contributed by atoms with E-state index >= 15 is 0 Å². The summed E-state index contributed by atoms with van der Waals surface area (Å²) in [4.78, 5) is 33.8. The smallest absolute Gasteiger partial charge is 0.227 e. The normalized spacial score (nSPS) is 11.1. The van der Waals surface area contributed by atoms with Gasteiger partial charge in [0.25, 0.3) is 0 Å². The average molecular weight is 591 g/mol. The van der Waals surface area contributed by atoms with Crippen LogP contribution in [0, 0.1) is 5.82 Å². The van der Waals surface area contributed by atoms with Crippen LogP contribution >= 0.6 is 0 Å². The molecule has 0 aliphatic rings. The highest BCUT2D eigenvalue weighted by molar-refractivity contribution is 5.96. The molecular formula is C31H39FN8O3. The molecule has 4 rings (SSSR count). The SMILES string of the molecule is CCC(=O)Nc1cc(Nc2nccc(-c3[nH]c(CCCO)nc3-c3ccc(F)cc3)n2)c(OC)cc1N(C)CCN(C)C. The summed E-state index contributed by atoms with van der Waals surface area (Å²) >= 11 is 0. The van der Waals surface area contributed by atoms with Gasteiger partial charge in [-0.2, -0.15) is 0 Å². The summed E-state index contributed by atoms with van der Waals surface area (Å²) in [5.74, 6) is 1.08. The second kappa shape index (κ2) is 14.6. The first kappa shape index (κ1) is 31.4. The number of methoxy groups -OCH3 is 1. The number of aromatic nitrogens is 4. The molecule has 12 heteroatoms. The third-order valence-electron chi connectivity index (χ3n) is 6.81. The number of ether oxygens (including phenoxy) is 1. The third kappa shape index (κ3) is 8.05. The number of amides is 1. The molecule has 0 saturated heterocycles. The summed E-state index contributed by atoms with van der Waals surface area (Å²) in [6.45, 7) is 3.41. The van der Waals surface area contributed by atoms with Gasteiger partial charge in [-0.1, -0.05) is 6.92 Å². The maximum atomic E-state index is 13.7. The van der Waals surface area contributed by atoms with E-state index < -0.39 is 0 Å². The lowest BCUT2D eigenvalue weighted by molar-refractivity contribution is -0.115. The van der Waals surface area contributed by atoms with Crippen LogP contribution in [0.25, 0.3) is 22.6 Å². The van der Waals surface area contributed by atoms with Gasteiger partial charge in [0, 0.05) is 57.4 Å². The predicted molar refractivity (Wildman–Crippen MR) is 167 cm³/mol. The maximum absolute atomic E-state index is 13.7. The molecule has 0 unspecified atom stereocenters. The summed E-state index contributed by atoms with van der Waals surface area (Å²) in [7, 11) is 7.57. The number of benzene rings is 2. The summed E-state index contributed by atoms with van der Waals surface area (Å²) in [6, 6.07) is 11.6. The molecular weight excluding hydrogens is 551 g/mol. The van der Waals surface area contributed by atoms with Crippen molar-refractivity contribution in [1.82, 2.24) is 24.8 Å². The van der Waals surface area contributed by atoms with E-state index in [2.05, 4.69) is 30.4 Å². The number of hydrogen-bond acceptors (Lipinski definition) is 9. The fraction of sp³-hybridized carbons (Fsp3) is 0.355. The second-order valence-corrected chi connectivity index (χ2v) is 10.3. The molecule has 2 aromatic heterocycles. The molecule has 0 aliphatic heterocycles. The van der Waals surface area contributed by atoms with Crippen molar-refractivity contribution < 1.29 is 19.0 Å². The number of aryl methyl sites for hydroxylation is 1. The molecule has 0 radical (unpaired) electrons. The highest BCUT2D eigenvalue weighted by Gasteiger charge is 2.19. The fourth-order valence-electron chi connectivity index (χ4n) is 4.43. The largest absolute Gasteiger partial charge is 0.494 e. The number of aliphatic hydroxyl groups excluding tert-OH is 1. The van der Waals surface area contributed by atoms with E-state index in [1.807, 2.05) is 33.3 Å². The topological polar surface area (TPSA) is 132 Å². The molecule has 1 amide bonds. The standard InChI is InChI=1S/C31H39FN8O3/c1-6-28(42)34-23-18-24(26(43-5)19-25(23)40(4)16-15-39(2)3)36-31-33-14-13-22(35-31)30-29(20-9-11-21(32)12-10-20)37-27(38-30)8-7-17-41/h9-14,18-19,41H,6-8,15-17H2,1-5H3,(H,34,42)(H,37,38)(H,33,35,36). The van der Waals surface area contributed by atoms with Crippen molar-refractivity contribution in [1.29, 1.82) is 0 Å². The highest BCUT2D eigenvalue weighted by atomic mass is 19.1. The first-order chi connectivity index (χ1) is 20.7. The summed E-state index contributed by atoms with van der Waals surface area (Å²) in [5, 5.41) is 15.6. The predicted octanol–water partition coefficient (Wildman–Crippen LogP) is 4.70. The molecule has 228 valence electrons. The van der Waals surface area contributed by atoms with Gasteiger partial charge >= 0.3 is 0 Å². The maximum Gasteiger partial charge on any atom is 0.227 e. The minimum absolute atomic E-state index is 0.0380. The monoisotopic (exact) mass is 590 g/mol. The van der Waals surface area contributed by atoms with Crippen LogP contribution in [0.5, 0.6) is 5.75 Å². The molecule has 2 aromatic carbocycles. The van der Waals surface area contributed by atoms with Crippen LogP contribution in [0.1, 0.15) is 25.6 Å². The van der Waals surface area contributed by atoms with Gasteiger partial charge < -0.3 is 35.3 Å². The van der Waals surface area contributed by atoms with Gasteiger partial charge in [-0.3, -0.25) is 4.79 Å². The lowest BCUT2D eigenvalue weighted by atomic mass is 10.1. The summed E-state index contributed by atoms with van der Waals surface area (Å²) < 4.78 is 19.4. The Balaban J connectivity index is 1.71. The van der Waals surface area contributed by atoms with Crippen LogP contribution in [0.15, 0.2) is 48.7 Å². The third-order valence-corrected chi connectivity index (χ3v) is 6.81. The zero-order chi connectivity index (χ0) is 30.9. The molecule has 0 atom stereocenters. The Morgan fingerprint density at radius 1 is 1.07 bits per heavy atom. The molecule has 4 N–H and O–H groups in total. The number of carbonyl (C=O) groups is 1. The van der Waals surface area contributed by atoms with Crippen molar-refractivity contribution in [3.05, 3.63) is 60.3 Å². The number of halogens is 1. The number of H-pyrrole nitrogens is 1. The van der Waals surface area contributed by atoms with Gasteiger partial charge in [0.05, 0.1) is 41.3 Å². The van der Waals surface area contributed by atoms with Gasteiger partial charge in [-0.15, -0.1) is 0 Å². The van der Waals surface area contributed by atoms with Crippen LogP contribution in [0.4, 0.5) is 27.4 Å². The van der Waals surface area contributed by atoms with Gasteiger partial charge in [0.15, 0.2) is 0 Å². The molecule has 0 spiro atoms. The number of anilines is 4. The molecule has 43 heavy (non-hydrogen) atoms. The van der Waals surface area contributed by atoms with Gasteiger partial charge in [-0.25, -0.2) is 19.3 Å². The first-order valence-electron chi connectivity index (χ1n) is 14.2. The zero-order valence-electron chi connectivity index (χ0n) is 25.2. The van der Waals surface area contributed by atoms with Crippen molar-refractivity contribution in [2.45, 2.75) is 26.2 Å². The number of imidazole rings is 1. The lowest BCUT2D eigenvalue weighted by Gasteiger charge is -2.26. The Morgan fingerprint density at radius 3 is 2.51 bits per heavy atom. The van der Waals surface area contributed by atoms with Crippen molar-refractivity contribution in [2.24, 2.45) is 0 Å². The summed E-state index contributed by atoms with van der Waals surface area (Å²) in [6.07, 6.45) is 3.05. The lowest BCUT2D eigenvalue weighted by Crippen LogP contribution is -2.29. The van der Waals surface area contributed by atoms with Crippen molar-refractivity contribution >= 4 is 28.9 Å². The molecule has 4 aromatic rings. The fourth-order valence-corrected chi connectivity index (χ4v) is 4.43. The Bertz CT molecular complexity index is 1520. The van der Waals surface area contributed by atoms with Crippen molar-refractivity contribution in [3.8, 4) is 28.4 Å².